The summed E-state index contributed by atoms with van der Waals surface area (Å²) in [6.07, 6.45) is 1.64. The first-order valence-corrected chi connectivity index (χ1v) is 6.12. The Bertz CT molecular complexity index is 468. The summed E-state index contributed by atoms with van der Waals surface area (Å²) in [4.78, 5) is 23.2. The molecule has 1 aliphatic heterocycles. The lowest BCUT2D eigenvalue weighted by molar-refractivity contribution is -0.194. The van der Waals surface area contributed by atoms with E-state index in [9.17, 15) is 9.59 Å². The van der Waals surface area contributed by atoms with Gasteiger partial charge in [0.15, 0.2) is 0 Å². The summed E-state index contributed by atoms with van der Waals surface area (Å²) >= 11 is 0. The molecule has 4 nitrogen and oxygen atoms in total. The molecule has 0 aromatic rings. The molecule has 0 N–H and O–H groups in total. The monoisotopic (exact) mass is 234 g/mol. The summed E-state index contributed by atoms with van der Waals surface area (Å²) in [5.41, 5.74) is 0.494. The van der Waals surface area contributed by atoms with Crippen LogP contribution in [0, 0.1) is 23.2 Å². The van der Waals surface area contributed by atoms with Gasteiger partial charge in [-0.05, 0) is 25.7 Å². The third-order valence-corrected chi connectivity index (χ3v) is 5.11. The van der Waals surface area contributed by atoms with Crippen molar-refractivity contribution < 1.29 is 19.1 Å². The standard InChI is InChI=1S/C13H14O4/c1-5(2)11(14)17-10-9-8-7(12(15)16-9)3-6-4-13(6,8)10/h6-10H,1,3-4H2,2H3. The minimum absolute atomic E-state index is 0.0820. The maximum atomic E-state index is 11.6. The topological polar surface area (TPSA) is 52.6 Å². The second-order valence-corrected chi connectivity index (χ2v) is 5.89. The summed E-state index contributed by atoms with van der Waals surface area (Å²) in [5, 5.41) is 0. The Balaban J connectivity index is 1.61. The largest absolute Gasteiger partial charge is 0.458 e. The van der Waals surface area contributed by atoms with Crippen LogP contribution in [-0.4, -0.2) is 24.1 Å². The number of carbonyl (C=O) groups is 2. The van der Waals surface area contributed by atoms with E-state index in [1.165, 1.54) is 0 Å². The molecule has 0 amide bonds. The highest BCUT2D eigenvalue weighted by molar-refractivity contribution is 5.87. The summed E-state index contributed by atoms with van der Waals surface area (Å²) in [5.74, 6) is 0.534. The fraction of sp³-hybridized carbons (Fsp3) is 0.692. The molecule has 90 valence electrons. The summed E-state index contributed by atoms with van der Waals surface area (Å²) in [7, 11) is 0. The number of esters is 2. The van der Waals surface area contributed by atoms with Gasteiger partial charge in [-0.15, -0.1) is 0 Å². The van der Waals surface area contributed by atoms with Gasteiger partial charge in [0.1, 0.15) is 12.2 Å². The van der Waals surface area contributed by atoms with Gasteiger partial charge in [0.25, 0.3) is 0 Å². The van der Waals surface area contributed by atoms with E-state index in [1.54, 1.807) is 6.92 Å². The first-order valence-electron chi connectivity index (χ1n) is 6.12. The van der Waals surface area contributed by atoms with Crippen LogP contribution in [0.25, 0.3) is 0 Å². The Morgan fingerprint density at radius 2 is 2.35 bits per heavy atom. The molecular weight excluding hydrogens is 220 g/mol. The lowest BCUT2D eigenvalue weighted by Crippen LogP contribution is -2.58. The lowest BCUT2D eigenvalue weighted by Gasteiger charge is -2.46. The van der Waals surface area contributed by atoms with E-state index in [1.807, 2.05) is 0 Å². The summed E-state index contributed by atoms with van der Waals surface area (Å²) in [6, 6.07) is 0. The van der Waals surface area contributed by atoms with Crippen molar-refractivity contribution in [1.82, 2.24) is 0 Å². The highest BCUT2D eigenvalue weighted by atomic mass is 16.6. The molecule has 17 heavy (non-hydrogen) atoms. The van der Waals surface area contributed by atoms with Crippen LogP contribution in [0.5, 0.6) is 0 Å². The molecule has 4 heteroatoms. The average molecular weight is 234 g/mol. The van der Waals surface area contributed by atoms with Crippen LogP contribution in [-0.2, 0) is 19.1 Å². The van der Waals surface area contributed by atoms with Crippen molar-refractivity contribution in [1.29, 1.82) is 0 Å². The van der Waals surface area contributed by atoms with E-state index in [4.69, 9.17) is 9.47 Å². The molecule has 4 rings (SSSR count). The fourth-order valence-corrected chi connectivity index (χ4v) is 4.35. The molecule has 0 bridgehead atoms. The van der Waals surface area contributed by atoms with Gasteiger partial charge >= 0.3 is 11.9 Å². The number of rotatable bonds is 2. The van der Waals surface area contributed by atoms with Crippen LogP contribution in [0.1, 0.15) is 19.8 Å². The Morgan fingerprint density at radius 1 is 1.59 bits per heavy atom. The molecule has 1 spiro atoms. The smallest absolute Gasteiger partial charge is 0.333 e. The summed E-state index contributed by atoms with van der Waals surface area (Å²) < 4.78 is 10.8. The van der Waals surface area contributed by atoms with Gasteiger partial charge in [0.2, 0.25) is 0 Å². The van der Waals surface area contributed by atoms with Crippen LogP contribution in [0.2, 0.25) is 0 Å². The Morgan fingerprint density at radius 3 is 3.06 bits per heavy atom. The highest BCUT2D eigenvalue weighted by Crippen LogP contribution is 2.80. The van der Waals surface area contributed by atoms with Crippen LogP contribution >= 0.6 is 0 Å². The Labute approximate surface area is 99.0 Å². The molecule has 3 saturated carbocycles. The number of carbonyl (C=O) groups excluding carboxylic acids is 2. The molecular formula is C13H14O4. The second-order valence-electron chi connectivity index (χ2n) is 5.89. The zero-order valence-corrected chi connectivity index (χ0v) is 9.64. The average Bonchev–Trinajstić information content (AvgIpc) is 2.82. The Kier molecular flexibility index (Phi) is 1.47. The maximum Gasteiger partial charge on any atom is 0.333 e. The van der Waals surface area contributed by atoms with Gasteiger partial charge in [0.05, 0.1) is 5.92 Å². The van der Waals surface area contributed by atoms with Gasteiger partial charge < -0.3 is 9.47 Å². The van der Waals surface area contributed by atoms with E-state index in [0.29, 0.717) is 17.4 Å². The SMILES string of the molecule is C=C(C)C(=O)OC1C2OC(=O)C3CC4CC41C32. The van der Waals surface area contributed by atoms with Gasteiger partial charge in [-0.25, -0.2) is 4.79 Å². The van der Waals surface area contributed by atoms with Gasteiger partial charge in [-0.1, -0.05) is 6.58 Å². The van der Waals surface area contributed by atoms with Crippen LogP contribution < -0.4 is 0 Å². The van der Waals surface area contributed by atoms with Crippen molar-refractivity contribution in [2.45, 2.75) is 32.0 Å². The van der Waals surface area contributed by atoms with Gasteiger partial charge in [0, 0.05) is 16.9 Å². The van der Waals surface area contributed by atoms with Crippen molar-refractivity contribution in [3.05, 3.63) is 12.2 Å². The normalized spacial score (nSPS) is 52.1. The van der Waals surface area contributed by atoms with E-state index < -0.39 is 0 Å². The Hall–Kier alpha value is -1.32. The summed E-state index contributed by atoms with van der Waals surface area (Å²) in [6.45, 7) is 5.22. The van der Waals surface area contributed by atoms with Gasteiger partial charge in [-0.2, -0.15) is 0 Å². The number of hydrogen-bond acceptors (Lipinski definition) is 4. The third kappa shape index (κ3) is 0.884. The second kappa shape index (κ2) is 2.57. The van der Waals surface area contributed by atoms with Crippen LogP contribution in [0.15, 0.2) is 12.2 Å². The van der Waals surface area contributed by atoms with E-state index in [-0.39, 0.29) is 35.5 Å². The van der Waals surface area contributed by atoms with Crippen LogP contribution in [0.4, 0.5) is 0 Å². The molecule has 1 saturated heterocycles. The molecule has 4 fully saturated rings. The van der Waals surface area contributed by atoms with Crippen molar-refractivity contribution in [2.75, 3.05) is 0 Å². The van der Waals surface area contributed by atoms with Crippen molar-refractivity contribution in [2.24, 2.45) is 23.2 Å². The predicted octanol–water partition coefficient (Wildman–Crippen LogP) is 1.06. The number of ether oxygens (including phenoxy) is 2. The molecule has 3 aliphatic carbocycles. The van der Waals surface area contributed by atoms with Crippen molar-refractivity contribution in [3.63, 3.8) is 0 Å². The first-order chi connectivity index (χ1) is 8.05. The molecule has 6 atom stereocenters. The zero-order valence-electron chi connectivity index (χ0n) is 9.64. The molecule has 4 aliphatic rings. The lowest BCUT2D eigenvalue weighted by atomic mass is 9.64. The minimum Gasteiger partial charge on any atom is -0.458 e. The van der Waals surface area contributed by atoms with Crippen LogP contribution in [0.3, 0.4) is 0 Å². The van der Waals surface area contributed by atoms with Gasteiger partial charge in [-0.3, -0.25) is 4.79 Å². The third-order valence-electron chi connectivity index (χ3n) is 5.11. The van der Waals surface area contributed by atoms with Crippen molar-refractivity contribution >= 4 is 11.9 Å². The maximum absolute atomic E-state index is 11.6. The minimum atomic E-state index is -0.361. The number of hydrogen-bond donors (Lipinski definition) is 0. The molecule has 1 heterocycles. The predicted molar refractivity (Wildman–Crippen MR) is 56.7 cm³/mol. The highest BCUT2D eigenvalue weighted by Gasteiger charge is 2.85. The molecule has 0 aromatic carbocycles. The first kappa shape index (κ1) is 9.68. The molecule has 0 radical (unpaired) electrons. The van der Waals surface area contributed by atoms with Crippen molar-refractivity contribution in [3.8, 4) is 0 Å². The van der Waals surface area contributed by atoms with E-state index >= 15 is 0 Å². The van der Waals surface area contributed by atoms with E-state index in [0.717, 1.165) is 12.8 Å². The molecule has 0 aromatic heterocycles. The fourth-order valence-electron chi connectivity index (χ4n) is 4.35. The van der Waals surface area contributed by atoms with E-state index in [2.05, 4.69) is 6.58 Å². The zero-order chi connectivity index (χ0) is 11.9. The quantitative estimate of drug-likeness (QED) is 0.529. The molecule has 6 unspecified atom stereocenters.